The molecule has 2 atom stereocenters. The molecule has 0 spiro atoms. The van der Waals surface area contributed by atoms with Crippen LogP contribution in [0.15, 0.2) is 66.7 Å². The fraction of sp³-hybridized carbons (Fsp3) is 0.441. The molecule has 0 fully saturated rings. The van der Waals surface area contributed by atoms with Crippen LogP contribution in [-0.2, 0) is 12.8 Å². The molecule has 0 radical (unpaired) electrons. The summed E-state index contributed by atoms with van der Waals surface area (Å²) in [5, 5.41) is 19.5. The minimum Gasteiger partial charge on any atom is -0.539 e. The van der Waals surface area contributed by atoms with Crippen molar-refractivity contribution < 1.29 is 18.3 Å². The fourth-order valence-electron chi connectivity index (χ4n) is 6.39. The first kappa shape index (κ1) is 31.5. The first-order chi connectivity index (χ1) is 19.0. The van der Waals surface area contributed by atoms with Crippen LogP contribution >= 0.6 is 0 Å². The Morgan fingerprint density at radius 1 is 0.825 bits per heavy atom. The second-order valence-electron chi connectivity index (χ2n) is 11.8. The quantitative estimate of drug-likeness (QED) is 0.211. The maximum absolute atomic E-state index is 15.6. The summed E-state index contributed by atoms with van der Waals surface area (Å²) in [4.78, 5) is 0. The summed E-state index contributed by atoms with van der Waals surface area (Å²) < 4.78 is 37.6. The van der Waals surface area contributed by atoms with E-state index in [2.05, 4.69) is 47.6 Å². The van der Waals surface area contributed by atoms with Gasteiger partial charge in [-0.2, -0.15) is 5.26 Å². The average Bonchev–Trinajstić information content (AvgIpc) is 2.92. The van der Waals surface area contributed by atoms with Crippen LogP contribution in [0, 0.1) is 28.9 Å². The number of halogens is 2. The van der Waals surface area contributed by atoms with E-state index in [1.807, 2.05) is 42.5 Å². The summed E-state index contributed by atoms with van der Waals surface area (Å²) in [7, 11) is -2.54. The van der Waals surface area contributed by atoms with Crippen LogP contribution in [0.4, 0.5) is 8.78 Å². The van der Waals surface area contributed by atoms with E-state index in [9.17, 15) is 5.11 Å². The van der Waals surface area contributed by atoms with E-state index in [1.54, 1.807) is 12.1 Å². The van der Waals surface area contributed by atoms with Gasteiger partial charge in [0.2, 0.25) is 0 Å². The highest BCUT2D eigenvalue weighted by Gasteiger charge is 2.48. The van der Waals surface area contributed by atoms with Gasteiger partial charge in [0, 0.05) is 6.61 Å². The molecule has 0 amide bonds. The molecular weight excluding hydrogens is 520 g/mol. The maximum Gasteiger partial charge on any atom is 0.259 e. The van der Waals surface area contributed by atoms with E-state index in [-0.39, 0.29) is 40.8 Å². The number of aliphatic hydroxyl groups is 1. The van der Waals surface area contributed by atoms with Gasteiger partial charge in [0.1, 0.15) is 0 Å². The smallest absolute Gasteiger partial charge is 0.259 e. The third-order valence-electron chi connectivity index (χ3n) is 8.42. The summed E-state index contributed by atoms with van der Waals surface area (Å²) in [5.41, 5.74) is 3.82. The van der Waals surface area contributed by atoms with Crippen molar-refractivity contribution in [3.05, 3.63) is 101 Å². The zero-order chi connectivity index (χ0) is 29.4. The summed E-state index contributed by atoms with van der Waals surface area (Å²) in [5.74, 6) is -1.85. The van der Waals surface area contributed by atoms with Crippen molar-refractivity contribution in [2.45, 2.75) is 83.3 Å². The van der Waals surface area contributed by atoms with Gasteiger partial charge >= 0.3 is 0 Å². The summed E-state index contributed by atoms with van der Waals surface area (Å²) >= 11 is 0. The second kappa shape index (κ2) is 14.1. The molecule has 0 aromatic heterocycles. The molecule has 0 saturated carbocycles. The summed E-state index contributed by atoms with van der Waals surface area (Å²) in [6.07, 6.45) is 1.80. The van der Waals surface area contributed by atoms with Crippen molar-refractivity contribution >= 4 is 8.32 Å². The van der Waals surface area contributed by atoms with E-state index < -0.39 is 20.0 Å². The lowest BCUT2D eigenvalue weighted by Gasteiger charge is -2.42. The van der Waals surface area contributed by atoms with Crippen molar-refractivity contribution in [3.63, 3.8) is 0 Å². The van der Waals surface area contributed by atoms with Gasteiger partial charge in [-0.3, -0.25) is 0 Å². The third kappa shape index (κ3) is 7.19. The number of hydrogen-bond donors (Lipinski definition) is 1. The molecule has 0 saturated heterocycles. The Bertz CT molecular complexity index is 1220. The van der Waals surface area contributed by atoms with Gasteiger partial charge in [0.05, 0.1) is 11.6 Å². The van der Waals surface area contributed by atoms with Gasteiger partial charge in [-0.1, -0.05) is 84.0 Å². The van der Waals surface area contributed by atoms with Crippen molar-refractivity contribution in [3.8, 4) is 11.8 Å². The van der Waals surface area contributed by atoms with E-state index in [0.717, 1.165) is 17.5 Å². The van der Waals surface area contributed by atoms with Crippen molar-refractivity contribution in [1.29, 1.82) is 5.26 Å². The zero-order valence-corrected chi connectivity index (χ0v) is 25.6. The van der Waals surface area contributed by atoms with Crippen LogP contribution in [0.1, 0.15) is 76.1 Å². The van der Waals surface area contributed by atoms with E-state index in [4.69, 9.17) is 9.69 Å². The molecule has 0 aliphatic rings. The Hall–Kier alpha value is -3.01. The molecule has 0 heterocycles. The molecule has 3 aromatic rings. The minimum absolute atomic E-state index is 0.0483. The van der Waals surface area contributed by atoms with Crippen LogP contribution in [-0.4, -0.2) is 20.0 Å². The first-order valence-corrected chi connectivity index (χ1v) is 16.5. The SMILES string of the molecule is CC(C)[Si](Oc1c(F)cc(CC(c2ccccc2)C(CO)CCc2ccc(C#N)cc2)cc1F)(C(C)C)C(C)C. The Labute approximate surface area is 240 Å². The van der Waals surface area contributed by atoms with Crippen LogP contribution < -0.4 is 4.43 Å². The Morgan fingerprint density at radius 3 is 1.85 bits per heavy atom. The Balaban J connectivity index is 1.91. The third-order valence-corrected chi connectivity index (χ3v) is 14.4. The summed E-state index contributed by atoms with van der Waals surface area (Å²) in [6.45, 7) is 12.5. The molecule has 1 N–H and O–H groups in total. The predicted octanol–water partition coefficient (Wildman–Crippen LogP) is 8.96. The van der Waals surface area contributed by atoms with Gasteiger partial charge in [-0.05, 0) is 88.7 Å². The normalized spacial score (nSPS) is 13.5. The van der Waals surface area contributed by atoms with Crippen LogP contribution in [0.5, 0.6) is 5.75 Å². The maximum atomic E-state index is 15.6. The minimum atomic E-state index is -2.54. The van der Waals surface area contributed by atoms with Gasteiger partial charge in [-0.15, -0.1) is 0 Å². The Kier molecular flexibility index (Phi) is 11.1. The molecule has 40 heavy (non-hydrogen) atoms. The average molecular weight is 564 g/mol. The lowest BCUT2D eigenvalue weighted by Crippen LogP contribution is -2.51. The van der Waals surface area contributed by atoms with E-state index >= 15 is 8.78 Å². The van der Waals surface area contributed by atoms with Gasteiger partial charge in [-0.25, -0.2) is 8.78 Å². The molecule has 214 valence electrons. The predicted molar refractivity (Wildman–Crippen MR) is 161 cm³/mol. The van der Waals surface area contributed by atoms with Crippen LogP contribution in [0.25, 0.3) is 0 Å². The van der Waals surface area contributed by atoms with Crippen molar-refractivity contribution in [1.82, 2.24) is 0 Å². The number of nitrogens with zero attached hydrogens (tertiary/aromatic N) is 1. The van der Waals surface area contributed by atoms with Crippen LogP contribution in [0.2, 0.25) is 16.6 Å². The van der Waals surface area contributed by atoms with Gasteiger partial charge < -0.3 is 9.53 Å². The molecular formula is C34H43F2NO2Si. The molecule has 2 unspecified atom stereocenters. The fourth-order valence-corrected chi connectivity index (χ4v) is 11.6. The molecule has 0 bridgehead atoms. The largest absolute Gasteiger partial charge is 0.539 e. The number of hydrogen-bond acceptors (Lipinski definition) is 3. The lowest BCUT2D eigenvalue weighted by atomic mass is 9.79. The zero-order valence-electron chi connectivity index (χ0n) is 24.6. The van der Waals surface area contributed by atoms with E-state index in [0.29, 0.717) is 24.0 Å². The Morgan fingerprint density at radius 2 is 1.38 bits per heavy atom. The van der Waals surface area contributed by atoms with Gasteiger partial charge in [0.15, 0.2) is 17.4 Å². The lowest BCUT2D eigenvalue weighted by molar-refractivity contribution is 0.194. The number of aryl methyl sites for hydroxylation is 1. The molecule has 6 heteroatoms. The molecule has 3 nitrogen and oxygen atoms in total. The van der Waals surface area contributed by atoms with E-state index in [1.165, 1.54) is 12.1 Å². The summed E-state index contributed by atoms with van der Waals surface area (Å²) in [6, 6.07) is 22.2. The number of rotatable bonds is 13. The highest BCUT2D eigenvalue weighted by molar-refractivity contribution is 6.78. The topological polar surface area (TPSA) is 53.2 Å². The van der Waals surface area contributed by atoms with Gasteiger partial charge in [0.25, 0.3) is 8.32 Å². The van der Waals surface area contributed by atoms with Crippen molar-refractivity contribution in [2.75, 3.05) is 6.61 Å². The number of nitriles is 1. The number of benzene rings is 3. The molecule has 3 rings (SSSR count). The highest BCUT2D eigenvalue weighted by Crippen LogP contribution is 2.44. The molecule has 0 aliphatic heterocycles. The number of aliphatic hydroxyl groups excluding tert-OH is 1. The van der Waals surface area contributed by atoms with Crippen molar-refractivity contribution in [2.24, 2.45) is 5.92 Å². The first-order valence-electron chi connectivity index (χ1n) is 14.3. The standard InChI is InChI=1S/C34H43F2NO2Si/c1-23(2)40(24(3)4,25(5)6)39-34-32(35)19-28(20-33(34)36)18-31(29-10-8-7-9-11-29)30(22-38)17-16-26-12-14-27(21-37)15-13-26/h7-15,19-20,23-25,30-31,38H,16-18,22H2,1-6H3. The second-order valence-corrected chi connectivity index (χ2v) is 17.2. The molecule has 0 aliphatic carbocycles. The molecule has 3 aromatic carbocycles. The highest BCUT2D eigenvalue weighted by atomic mass is 28.4. The van der Waals surface area contributed by atoms with Crippen LogP contribution in [0.3, 0.4) is 0 Å². The monoisotopic (exact) mass is 563 g/mol.